The van der Waals surface area contributed by atoms with Crippen molar-refractivity contribution in [3.63, 3.8) is 0 Å². The molecule has 1 aromatic carbocycles. The summed E-state index contributed by atoms with van der Waals surface area (Å²) in [5.74, 6) is -0.0153. The molecule has 2 nitrogen and oxygen atoms in total. The van der Waals surface area contributed by atoms with Crippen molar-refractivity contribution in [2.75, 3.05) is 6.54 Å². The number of hydrogen-bond acceptors (Lipinski definition) is 1. The number of alkyl halides is 1. The smallest absolute Gasteiger partial charge is 0.251 e. The number of aryl methyl sites for hydroxylation is 1. The molecule has 1 amide bonds. The standard InChI is InChI=1S/C13H18ClNO/c1-9-5-4-6-12(11(9)3)13(16)15-8-7-10(2)14/h4-6,10H,7-8H2,1-3H3,(H,15,16). The molecule has 0 aliphatic carbocycles. The van der Waals surface area contributed by atoms with Crippen LogP contribution in [0.2, 0.25) is 0 Å². The fraction of sp³-hybridized carbons (Fsp3) is 0.462. The lowest BCUT2D eigenvalue weighted by molar-refractivity contribution is 0.0952. The van der Waals surface area contributed by atoms with Gasteiger partial charge in [0.2, 0.25) is 0 Å². The largest absolute Gasteiger partial charge is 0.352 e. The third kappa shape index (κ3) is 3.53. The maximum atomic E-state index is 11.8. The molecular formula is C13H18ClNO. The average molecular weight is 240 g/mol. The molecule has 88 valence electrons. The number of nitrogens with one attached hydrogen (secondary N) is 1. The molecule has 0 aliphatic rings. The highest BCUT2D eigenvalue weighted by molar-refractivity contribution is 6.20. The van der Waals surface area contributed by atoms with Gasteiger partial charge in [0.25, 0.3) is 5.91 Å². The number of amides is 1. The van der Waals surface area contributed by atoms with Crippen LogP contribution in [-0.2, 0) is 0 Å². The molecule has 0 aliphatic heterocycles. The van der Waals surface area contributed by atoms with E-state index in [9.17, 15) is 4.79 Å². The predicted molar refractivity (Wildman–Crippen MR) is 68.2 cm³/mol. The number of rotatable bonds is 4. The van der Waals surface area contributed by atoms with Crippen molar-refractivity contribution in [2.24, 2.45) is 0 Å². The zero-order valence-electron chi connectivity index (χ0n) is 10.0. The average Bonchev–Trinajstić information content (AvgIpc) is 2.21. The Hall–Kier alpha value is -1.02. The van der Waals surface area contributed by atoms with Gasteiger partial charge in [0.05, 0.1) is 0 Å². The predicted octanol–water partition coefficient (Wildman–Crippen LogP) is 3.05. The van der Waals surface area contributed by atoms with Gasteiger partial charge < -0.3 is 5.32 Å². The molecule has 0 radical (unpaired) electrons. The minimum atomic E-state index is -0.0153. The summed E-state index contributed by atoms with van der Waals surface area (Å²) in [5.41, 5.74) is 2.93. The highest BCUT2D eigenvalue weighted by Crippen LogP contribution is 2.12. The Morgan fingerprint density at radius 1 is 1.44 bits per heavy atom. The molecule has 0 saturated heterocycles. The van der Waals surface area contributed by atoms with Crippen LogP contribution >= 0.6 is 11.6 Å². The molecule has 0 aromatic heterocycles. The normalized spacial score (nSPS) is 12.2. The van der Waals surface area contributed by atoms with E-state index in [1.165, 1.54) is 0 Å². The van der Waals surface area contributed by atoms with Gasteiger partial charge >= 0.3 is 0 Å². The van der Waals surface area contributed by atoms with Gasteiger partial charge in [0, 0.05) is 17.5 Å². The van der Waals surface area contributed by atoms with Crippen molar-refractivity contribution >= 4 is 17.5 Å². The van der Waals surface area contributed by atoms with Gasteiger partial charge in [-0.15, -0.1) is 11.6 Å². The van der Waals surface area contributed by atoms with Crippen molar-refractivity contribution in [1.82, 2.24) is 5.32 Å². The van der Waals surface area contributed by atoms with Gasteiger partial charge in [0.1, 0.15) is 0 Å². The number of halogens is 1. The molecule has 1 aromatic rings. The Bertz CT molecular complexity index is 374. The maximum Gasteiger partial charge on any atom is 0.251 e. The van der Waals surface area contributed by atoms with E-state index in [4.69, 9.17) is 11.6 Å². The van der Waals surface area contributed by atoms with E-state index in [1.54, 1.807) is 0 Å². The minimum Gasteiger partial charge on any atom is -0.352 e. The van der Waals surface area contributed by atoms with E-state index in [0.29, 0.717) is 6.54 Å². The van der Waals surface area contributed by atoms with Crippen LogP contribution in [0.4, 0.5) is 0 Å². The summed E-state index contributed by atoms with van der Waals surface area (Å²) in [6.45, 7) is 6.52. The summed E-state index contributed by atoms with van der Waals surface area (Å²) in [6.07, 6.45) is 0.790. The minimum absolute atomic E-state index is 0.0153. The Morgan fingerprint density at radius 3 is 2.75 bits per heavy atom. The summed E-state index contributed by atoms with van der Waals surface area (Å²) in [4.78, 5) is 11.8. The molecule has 3 heteroatoms. The lowest BCUT2D eigenvalue weighted by Crippen LogP contribution is -2.26. The SMILES string of the molecule is Cc1cccc(C(=O)NCCC(C)Cl)c1C. The van der Waals surface area contributed by atoms with Gasteiger partial charge in [-0.1, -0.05) is 12.1 Å². The van der Waals surface area contributed by atoms with E-state index in [0.717, 1.165) is 23.1 Å². The second kappa shape index (κ2) is 5.90. The van der Waals surface area contributed by atoms with Crippen LogP contribution in [0.1, 0.15) is 34.8 Å². The fourth-order valence-corrected chi connectivity index (χ4v) is 1.59. The summed E-state index contributed by atoms with van der Waals surface area (Å²) >= 11 is 5.81. The Labute approximate surface area is 102 Å². The number of carbonyl (C=O) groups excluding carboxylic acids is 1. The first-order valence-electron chi connectivity index (χ1n) is 5.51. The Morgan fingerprint density at radius 2 is 2.12 bits per heavy atom. The topological polar surface area (TPSA) is 29.1 Å². The number of carbonyl (C=O) groups is 1. The molecule has 1 rings (SSSR count). The molecule has 1 N–H and O–H groups in total. The van der Waals surface area contributed by atoms with Crippen molar-refractivity contribution in [2.45, 2.75) is 32.6 Å². The van der Waals surface area contributed by atoms with Crippen LogP contribution in [0.15, 0.2) is 18.2 Å². The van der Waals surface area contributed by atoms with Crippen LogP contribution in [-0.4, -0.2) is 17.8 Å². The monoisotopic (exact) mass is 239 g/mol. The van der Waals surface area contributed by atoms with Crippen LogP contribution in [0, 0.1) is 13.8 Å². The quantitative estimate of drug-likeness (QED) is 0.804. The Balaban J connectivity index is 2.63. The van der Waals surface area contributed by atoms with E-state index in [-0.39, 0.29) is 11.3 Å². The van der Waals surface area contributed by atoms with Gasteiger partial charge in [-0.05, 0) is 44.4 Å². The first-order chi connectivity index (χ1) is 7.52. The molecule has 0 bridgehead atoms. The lowest BCUT2D eigenvalue weighted by atomic mass is 10.0. The first-order valence-corrected chi connectivity index (χ1v) is 5.94. The van der Waals surface area contributed by atoms with Crippen LogP contribution in [0.5, 0.6) is 0 Å². The highest BCUT2D eigenvalue weighted by atomic mass is 35.5. The Kier molecular flexibility index (Phi) is 4.81. The molecule has 16 heavy (non-hydrogen) atoms. The van der Waals surface area contributed by atoms with Crippen molar-refractivity contribution < 1.29 is 4.79 Å². The molecule has 0 saturated carbocycles. The summed E-state index contributed by atoms with van der Waals surface area (Å²) in [6, 6.07) is 5.76. The first kappa shape index (κ1) is 13.0. The maximum absolute atomic E-state index is 11.8. The van der Waals surface area contributed by atoms with Gasteiger partial charge in [0.15, 0.2) is 0 Å². The molecule has 1 atom stereocenters. The van der Waals surface area contributed by atoms with E-state index < -0.39 is 0 Å². The second-order valence-corrected chi connectivity index (χ2v) is 4.82. The molecule has 0 heterocycles. The van der Waals surface area contributed by atoms with E-state index >= 15 is 0 Å². The number of hydrogen-bond donors (Lipinski definition) is 1. The van der Waals surface area contributed by atoms with Gasteiger partial charge in [-0.25, -0.2) is 0 Å². The molecular weight excluding hydrogens is 222 g/mol. The van der Waals surface area contributed by atoms with E-state index in [1.807, 2.05) is 39.0 Å². The third-order valence-corrected chi connectivity index (χ3v) is 2.90. The summed E-state index contributed by atoms with van der Waals surface area (Å²) < 4.78 is 0. The zero-order chi connectivity index (χ0) is 12.1. The van der Waals surface area contributed by atoms with Crippen molar-refractivity contribution in [3.8, 4) is 0 Å². The lowest BCUT2D eigenvalue weighted by Gasteiger charge is -2.09. The van der Waals surface area contributed by atoms with E-state index in [2.05, 4.69) is 5.32 Å². The van der Waals surface area contributed by atoms with Gasteiger partial charge in [-0.2, -0.15) is 0 Å². The molecule has 0 fully saturated rings. The number of benzene rings is 1. The summed E-state index contributed by atoms with van der Waals surface area (Å²) in [7, 11) is 0. The van der Waals surface area contributed by atoms with Crippen LogP contribution < -0.4 is 5.32 Å². The highest BCUT2D eigenvalue weighted by Gasteiger charge is 2.09. The van der Waals surface area contributed by atoms with Gasteiger partial charge in [-0.3, -0.25) is 4.79 Å². The third-order valence-electron chi connectivity index (χ3n) is 2.68. The second-order valence-electron chi connectivity index (χ2n) is 4.07. The van der Waals surface area contributed by atoms with Crippen LogP contribution in [0.25, 0.3) is 0 Å². The summed E-state index contributed by atoms with van der Waals surface area (Å²) in [5, 5.41) is 2.97. The van der Waals surface area contributed by atoms with Crippen molar-refractivity contribution in [3.05, 3.63) is 34.9 Å². The van der Waals surface area contributed by atoms with Crippen molar-refractivity contribution in [1.29, 1.82) is 0 Å². The molecule has 0 spiro atoms. The fourth-order valence-electron chi connectivity index (χ4n) is 1.48. The zero-order valence-corrected chi connectivity index (χ0v) is 10.8. The van der Waals surface area contributed by atoms with Crippen LogP contribution in [0.3, 0.4) is 0 Å². The molecule has 1 unspecified atom stereocenters.